The minimum absolute atomic E-state index is 0.0213. The second kappa shape index (κ2) is 6.06. The van der Waals surface area contributed by atoms with Crippen LogP contribution in [0.3, 0.4) is 0 Å². The van der Waals surface area contributed by atoms with Crippen LogP contribution in [-0.2, 0) is 9.47 Å². The van der Waals surface area contributed by atoms with Gasteiger partial charge in [0.25, 0.3) is 0 Å². The topological polar surface area (TPSA) is 56.7 Å². The van der Waals surface area contributed by atoms with Crippen molar-refractivity contribution in [1.82, 2.24) is 9.55 Å². The number of ether oxygens (including phenoxy) is 2. The number of rotatable bonds is 5. The number of hydrogen-bond donors (Lipinski definition) is 0. The van der Waals surface area contributed by atoms with Crippen LogP contribution in [0.2, 0.25) is 0 Å². The number of imidazole rings is 1. The van der Waals surface area contributed by atoms with Gasteiger partial charge in [-0.1, -0.05) is 30.3 Å². The molecule has 2 aromatic rings. The molecule has 0 N–H and O–H groups in total. The molecular weight excluding hydrogens is 304 g/mol. The van der Waals surface area contributed by atoms with E-state index in [0.717, 1.165) is 31.2 Å². The molecule has 2 aliphatic rings. The lowest BCUT2D eigenvalue weighted by Gasteiger charge is -2.27. The third kappa shape index (κ3) is 2.73. The van der Waals surface area contributed by atoms with E-state index >= 15 is 0 Å². The second-order valence-corrected chi connectivity index (χ2v) is 6.76. The molecule has 24 heavy (non-hydrogen) atoms. The van der Waals surface area contributed by atoms with Gasteiger partial charge in [-0.15, -0.1) is 0 Å². The monoisotopic (exact) mass is 326 g/mol. The first-order valence-electron chi connectivity index (χ1n) is 8.61. The Balaban J connectivity index is 1.57. The number of carbonyl (C=O) groups excluding carboxylic acids is 1. The van der Waals surface area contributed by atoms with Gasteiger partial charge in [0.05, 0.1) is 25.2 Å². The van der Waals surface area contributed by atoms with E-state index in [1.165, 1.54) is 0 Å². The van der Waals surface area contributed by atoms with E-state index in [1.54, 1.807) is 12.5 Å². The van der Waals surface area contributed by atoms with Crippen molar-refractivity contribution in [3.63, 3.8) is 0 Å². The third-order valence-corrected chi connectivity index (χ3v) is 5.24. The molecule has 1 saturated carbocycles. The van der Waals surface area contributed by atoms with Gasteiger partial charge in [-0.2, -0.15) is 0 Å². The van der Waals surface area contributed by atoms with Crippen molar-refractivity contribution >= 4 is 5.97 Å². The van der Waals surface area contributed by atoms with Gasteiger partial charge in [0.15, 0.2) is 0 Å². The second-order valence-electron chi connectivity index (χ2n) is 6.76. The summed E-state index contributed by atoms with van der Waals surface area (Å²) in [4.78, 5) is 17.0. The lowest BCUT2D eigenvalue weighted by atomic mass is 9.98. The summed E-state index contributed by atoms with van der Waals surface area (Å²) in [5.74, 6) is -0.298. The zero-order chi connectivity index (χ0) is 16.6. The summed E-state index contributed by atoms with van der Waals surface area (Å²) in [6.45, 7) is 2.76. The first kappa shape index (κ1) is 15.4. The summed E-state index contributed by atoms with van der Waals surface area (Å²) in [7, 11) is 0. The highest BCUT2D eigenvalue weighted by molar-refractivity contribution is 5.87. The molecule has 1 aromatic carbocycles. The van der Waals surface area contributed by atoms with Crippen molar-refractivity contribution in [3.05, 3.63) is 54.1 Å². The average Bonchev–Trinajstić information content (AvgIpc) is 3.18. The van der Waals surface area contributed by atoms with Gasteiger partial charge in [0, 0.05) is 0 Å². The number of epoxide rings is 1. The van der Waals surface area contributed by atoms with Gasteiger partial charge in [-0.05, 0) is 38.2 Å². The number of hydrogen-bond acceptors (Lipinski definition) is 4. The molecule has 5 heteroatoms. The molecular formula is C19H22N2O3. The predicted molar refractivity (Wildman–Crippen MR) is 88.8 cm³/mol. The fourth-order valence-electron chi connectivity index (χ4n) is 3.72. The van der Waals surface area contributed by atoms with Crippen LogP contribution in [0.15, 0.2) is 42.9 Å². The highest BCUT2D eigenvalue weighted by atomic mass is 16.6. The van der Waals surface area contributed by atoms with Crippen LogP contribution in [0.5, 0.6) is 0 Å². The highest BCUT2D eigenvalue weighted by Crippen LogP contribution is 2.42. The quantitative estimate of drug-likeness (QED) is 0.624. The Morgan fingerprint density at radius 2 is 2.04 bits per heavy atom. The largest absolute Gasteiger partial charge is 0.451 e. The molecule has 0 spiro atoms. The maximum atomic E-state index is 12.8. The van der Waals surface area contributed by atoms with Crippen LogP contribution >= 0.6 is 0 Å². The lowest BCUT2D eigenvalue weighted by molar-refractivity contribution is -0.0301. The molecule has 0 bridgehead atoms. The number of carbonyl (C=O) groups is 1. The van der Waals surface area contributed by atoms with Crippen molar-refractivity contribution in [2.75, 3.05) is 6.61 Å². The van der Waals surface area contributed by atoms with Crippen molar-refractivity contribution in [2.45, 2.75) is 50.4 Å². The van der Waals surface area contributed by atoms with Crippen LogP contribution < -0.4 is 0 Å². The van der Waals surface area contributed by atoms with Crippen LogP contribution in [0.1, 0.15) is 54.7 Å². The molecule has 2 fully saturated rings. The first-order chi connectivity index (χ1) is 11.7. The standard InChI is InChI=1S/C19H22N2O3/c1-14(15-7-3-2-4-8-15)21-13-20-11-16(21)18(22)24-19(17-12-23-17)9-5-6-10-19/h2-4,7-8,11,13-14,17H,5-6,9-10,12H2,1H3/t14-,17?/m1/s1. The van der Waals surface area contributed by atoms with Crippen molar-refractivity contribution in [1.29, 1.82) is 0 Å². The summed E-state index contributed by atoms with van der Waals surface area (Å²) >= 11 is 0. The van der Waals surface area contributed by atoms with E-state index in [1.807, 2.05) is 22.8 Å². The number of nitrogens with zero attached hydrogens (tertiary/aromatic N) is 2. The molecule has 1 aromatic heterocycles. The zero-order valence-electron chi connectivity index (χ0n) is 13.9. The minimum Gasteiger partial charge on any atom is -0.451 e. The molecule has 2 heterocycles. The molecule has 0 radical (unpaired) electrons. The molecule has 1 aliphatic heterocycles. The van der Waals surface area contributed by atoms with Gasteiger partial charge in [-0.3, -0.25) is 0 Å². The molecule has 5 nitrogen and oxygen atoms in total. The van der Waals surface area contributed by atoms with Crippen LogP contribution in [0.25, 0.3) is 0 Å². The van der Waals surface area contributed by atoms with Gasteiger partial charge in [-0.25, -0.2) is 9.78 Å². The fourth-order valence-corrected chi connectivity index (χ4v) is 3.72. The normalized spacial score (nSPS) is 23.0. The van der Waals surface area contributed by atoms with Gasteiger partial charge in [0.2, 0.25) is 0 Å². The summed E-state index contributed by atoms with van der Waals surface area (Å²) in [5.41, 5.74) is 1.20. The average molecular weight is 326 g/mol. The number of aromatic nitrogens is 2. The first-order valence-corrected chi connectivity index (χ1v) is 8.61. The number of benzene rings is 1. The predicted octanol–water partition coefficient (Wildman–Crippen LogP) is 3.36. The van der Waals surface area contributed by atoms with E-state index in [9.17, 15) is 4.79 Å². The Kier molecular flexibility index (Phi) is 3.88. The summed E-state index contributed by atoms with van der Waals surface area (Å²) in [5, 5.41) is 0. The molecule has 1 aliphatic carbocycles. The Morgan fingerprint density at radius 1 is 1.33 bits per heavy atom. The zero-order valence-corrected chi connectivity index (χ0v) is 13.9. The smallest absolute Gasteiger partial charge is 0.357 e. The Bertz CT molecular complexity index is 715. The van der Waals surface area contributed by atoms with E-state index < -0.39 is 5.60 Å². The van der Waals surface area contributed by atoms with E-state index in [0.29, 0.717) is 12.3 Å². The molecule has 4 rings (SSSR count). The van der Waals surface area contributed by atoms with Gasteiger partial charge >= 0.3 is 5.97 Å². The maximum Gasteiger partial charge on any atom is 0.357 e. The third-order valence-electron chi connectivity index (χ3n) is 5.24. The molecule has 126 valence electrons. The Morgan fingerprint density at radius 3 is 2.71 bits per heavy atom. The summed E-state index contributed by atoms with van der Waals surface area (Å²) in [6, 6.07) is 10.1. The van der Waals surface area contributed by atoms with Gasteiger partial charge < -0.3 is 14.0 Å². The SMILES string of the molecule is C[C@H](c1ccccc1)n1cncc1C(=O)OC1(C2CO2)CCCC1. The van der Waals surface area contributed by atoms with Gasteiger partial charge in [0.1, 0.15) is 17.4 Å². The van der Waals surface area contributed by atoms with Crippen LogP contribution in [0, 0.1) is 0 Å². The molecule has 2 atom stereocenters. The van der Waals surface area contributed by atoms with E-state index in [2.05, 4.69) is 24.0 Å². The number of esters is 1. The summed E-state index contributed by atoms with van der Waals surface area (Å²) in [6.07, 6.45) is 7.34. The highest BCUT2D eigenvalue weighted by Gasteiger charge is 2.52. The van der Waals surface area contributed by atoms with Crippen molar-refractivity contribution in [3.8, 4) is 0 Å². The lowest BCUT2D eigenvalue weighted by Crippen LogP contribution is -2.38. The van der Waals surface area contributed by atoms with E-state index in [4.69, 9.17) is 9.47 Å². The maximum absolute atomic E-state index is 12.8. The van der Waals surface area contributed by atoms with Crippen LogP contribution in [-0.4, -0.2) is 33.8 Å². The van der Waals surface area contributed by atoms with Crippen molar-refractivity contribution < 1.29 is 14.3 Å². The van der Waals surface area contributed by atoms with Crippen LogP contribution in [0.4, 0.5) is 0 Å². The Hall–Kier alpha value is -2.14. The minimum atomic E-state index is -0.428. The Labute approximate surface area is 141 Å². The molecule has 1 unspecified atom stereocenters. The summed E-state index contributed by atoms with van der Waals surface area (Å²) < 4.78 is 13.3. The van der Waals surface area contributed by atoms with E-state index in [-0.39, 0.29) is 18.1 Å². The molecule has 1 saturated heterocycles. The van der Waals surface area contributed by atoms with Crippen molar-refractivity contribution in [2.24, 2.45) is 0 Å². The fraction of sp³-hybridized carbons (Fsp3) is 0.474. The molecule has 0 amide bonds.